The van der Waals surface area contributed by atoms with Crippen molar-refractivity contribution in [2.45, 2.75) is 19.9 Å². The molecule has 1 aliphatic heterocycles. The zero-order chi connectivity index (χ0) is 19.6. The van der Waals surface area contributed by atoms with Crippen molar-refractivity contribution in [1.29, 1.82) is 0 Å². The van der Waals surface area contributed by atoms with E-state index in [9.17, 15) is 9.18 Å². The normalized spacial score (nSPS) is 12.6. The number of halogens is 3. The molecule has 8 heteroatoms. The van der Waals surface area contributed by atoms with Crippen LogP contribution in [-0.4, -0.2) is 46.7 Å². The van der Waals surface area contributed by atoms with Gasteiger partial charge in [-0.25, -0.2) is 4.99 Å². The molecule has 1 aromatic carbocycles. The van der Waals surface area contributed by atoms with E-state index in [2.05, 4.69) is 9.98 Å². The van der Waals surface area contributed by atoms with Gasteiger partial charge >= 0.3 is 0 Å². The largest absolute Gasteiger partial charge is 0.361 e. The van der Waals surface area contributed by atoms with Crippen molar-refractivity contribution in [3.63, 3.8) is 0 Å². The topological polar surface area (TPSA) is 48.8 Å². The molecule has 0 bridgehead atoms. The van der Waals surface area contributed by atoms with Crippen molar-refractivity contribution in [3.05, 3.63) is 57.5 Å². The van der Waals surface area contributed by atoms with E-state index in [0.717, 1.165) is 17.0 Å². The number of carbonyl (C=O) groups excluding carboxylic acids is 1. The molecule has 3 rings (SSSR count). The zero-order valence-electron chi connectivity index (χ0n) is 15.0. The molecule has 1 amide bonds. The second kappa shape index (κ2) is 8.23. The molecular weight excluding hydrogens is 390 g/mol. The van der Waals surface area contributed by atoms with Crippen molar-refractivity contribution in [2.75, 3.05) is 20.1 Å². The molecule has 0 radical (unpaired) electrons. The summed E-state index contributed by atoms with van der Waals surface area (Å²) in [4.78, 5) is 23.9. The molecule has 27 heavy (non-hydrogen) atoms. The minimum absolute atomic E-state index is 0.0418. The summed E-state index contributed by atoms with van der Waals surface area (Å²) in [6.45, 7) is 3.04. The van der Waals surface area contributed by atoms with Gasteiger partial charge in [0.05, 0.1) is 0 Å². The van der Waals surface area contributed by atoms with Crippen LogP contribution in [0, 0.1) is 5.95 Å². The zero-order valence-corrected chi connectivity index (χ0v) is 16.6. The van der Waals surface area contributed by atoms with Gasteiger partial charge in [-0.15, -0.1) is 0 Å². The van der Waals surface area contributed by atoms with Crippen LogP contribution < -0.4 is 0 Å². The van der Waals surface area contributed by atoms with E-state index in [1.807, 2.05) is 11.9 Å². The van der Waals surface area contributed by atoms with Crippen molar-refractivity contribution >= 4 is 40.8 Å². The Hall–Kier alpha value is -2.18. The minimum Gasteiger partial charge on any atom is -0.361 e. The highest BCUT2D eigenvalue weighted by atomic mass is 35.5. The summed E-state index contributed by atoms with van der Waals surface area (Å²) < 4.78 is 13.2. The fourth-order valence-electron chi connectivity index (χ4n) is 2.91. The third-order valence-corrected chi connectivity index (χ3v) is 4.83. The van der Waals surface area contributed by atoms with E-state index in [0.29, 0.717) is 41.9 Å². The van der Waals surface area contributed by atoms with Crippen LogP contribution in [-0.2, 0) is 17.8 Å². The number of likely N-dealkylation sites (N-methyl/N-ethyl adjacent to an activating group) is 1. The molecule has 0 N–H and O–H groups in total. The number of benzene rings is 1. The first-order chi connectivity index (χ1) is 12.8. The van der Waals surface area contributed by atoms with E-state index in [1.54, 1.807) is 29.2 Å². The number of hydrogen-bond donors (Lipinski definition) is 0. The van der Waals surface area contributed by atoms with E-state index < -0.39 is 5.95 Å². The van der Waals surface area contributed by atoms with Gasteiger partial charge < -0.3 is 9.80 Å². The molecule has 1 aliphatic rings. The highest BCUT2D eigenvalue weighted by Gasteiger charge is 2.20. The number of nitrogens with zero attached hydrogens (tertiary/aromatic N) is 4. The number of amidine groups is 1. The standard InChI is InChI=1S/C19H19Cl2FN4O/c1-12(27)26(11-13-7-15(20)10-16(21)8-13)6-5-25(2)18-9-14-3-4-17(22)23-19(14)24-18/h3-4,7-8,10H,5-6,9,11H2,1-2H3. The third kappa shape index (κ3) is 4.96. The molecular formula is C19H19Cl2FN4O. The van der Waals surface area contributed by atoms with Crippen LogP contribution in [0.4, 0.5) is 10.2 Å². The Labute approximate surface area is 167 Å². The molecule has 0 saturated carbocycles. The van der Waals surface area contributed by atoms with Crippen LogP contribution in [0.3, 0.4) is 0 Å². The predicted molar refractivity (Wildman–Crippen MR) is 105 cm³/mol. The molecule has 2 aromatic rings. The van der Waals surface area contributed by atoms with Crippen molar-refractivity contribution < 1.29 is 9.18 Å². The van der Waals surface area contributed by atoms with Gasteiger partial charge in [0.2, 0.25) is 11.9 Å². The van der Waals surface area contributed by atoms with Crippen molar-refractivity contribution in [2.24, 2.45) is 4.99 Å². The van der Waals surface area contributed by atoms with Crippen LogP contribution in [0.2, 0.25) is 10.0 Å². The highest BCUT2D eigenvalue weighted by molar-refractivity contribution is 6.34. The predicted octanol–water partition coefficient (Wildman–Crippen LogP) is 4.09. The Morgan fingerprint density at radius 1 is 1.19 bits per heavy atom. The lowest BCUT2D eigenvalue weighted by Crippen LogP contribution is -2.38. The fourth-order valence-corrected chi connectivity index (χ4v) is 3.48. The molecule has 2 heterocycles. The molecule has 1 aromatic heterocycles. The average molecular weight is 409 g/mol. The maximum Gasteiger partial charge on any atom is 0.219 e. The van der Waals surface area contributed by atoms with Crippen molar-refractivity contribution in [1.82, 2.24) is 14.8 Å². The number of aromatic nitrogens is 1. The van der Waals surface area contributed by atoms with Gasteiger partial charge in [-0.05, 0) is 29.8 Å². The monoisotopic (exact) mass is 408 g/mol. The van der Waals surface area contributed by atoms with Crippen LogP contribution in [0.15, 0.2) is 35.3 Å². The molecule has 142 valence electrons. The first kappa shape index (κ1) is 19.6. The first-order valence-corrected chi connectivity index (χ1v) is 9.22. The van der Waals surface area contributed by atoms with Gasteiger partial charge in [0.15, 0.2) is 5.82 Å². The molecule has 0 fully saturated rings. The summed E-state index contributed by atoms with van der Waals surface area (Å²) in [5.41, 5.74) is 1.77. The summed E-state index contributed by atoms with van der Waals surface area (Å²) >= 11 is 12.1. The van der Waals surface area contributed by atoms with Gasteiger partial charge in [-0.1, -0.05) is 29.3 Å². The van der Waals surface area contributed by atoms with Gasteiger partial charge in [0, 0.05) is 55.6 Å². The maximum absolute atomic E-state index is 13.2. The van der Waals surface area contributed by atoms with E-state index in [1.165, 1.54) is 13.0 Å². The van der Waals surface area contributed by atoms with E-state index in [-0.39, 0.29) is 5.91 Å². The second-order valence-electron chi connectivity index (χ2n) is 6.46. The van der Waals surface area contributed by atoms with E-state index >= 15 is 0 Å². The fraction of sp³-hybridized carbons (Fsp3) is 0.316. The summed E-state index contributed by atoms with van der Waals surface area (Å²) in [5.74, 6) is 0.649. The number of carbonyl (C=O) groups is 1. The Bertz CT molecular complexity index is 883. The number of fused-ring (bicyclic) bond motifs is 1. The second-order valence-corrected chi connectivity index (χ2v) is 7.33. The summed E-state index contributed by atoms with van der Waals surface area (Å²) in [5, 5.41) is 1.08. The Morgan fingerprint density at radius 3 is 2.56 bits per heavy atom. The quantitative estimate of drug-likeness (QED) is 0.699. The van der Waals surface area contributed by atoms with Crippen LogP contribution >= 0.6 is 23.2 Å². The summed E-state index contributed by atoms with van der Waals surface area (Å²) in [6, 6.07) is 8.29. The number of pyridine rings is 1. The van der Waals surface area contributed by atoms with Crippen LogP contribution in [0.25, 0.3) is 0 Å². The Morgan fingerprint density at radius 2 is 1.89 bits per heavy atom. The Kier molecular flexibility index (Phi) is 5.97. The SMILES string of the molecule is CC(=O)N(CCN(C)C1=Nc2nc(F)ccc2C1)Cc1cc(Cl)cc(Cl)c1. The van der Waals surface area contributed by atoms with Gasteiger partial charge in [0.1, 0.15) is 5.84 Å². The van der Waals surface area contributed by atoms with E-state index in [4.69, 9.17) is 23.2 Å². The first-order valence-electron chi connectivity index (χ1n) is 8.46. The number of rotatable bonds is 5. The molecule has 0 saturated heterocycles. The maximum atomic E-state index is 13.2. The number of hydrogen-bond acceptors (Lipinski definition) is 4. The summed E-state index contributed by atoms with van der Waals surface area (Å²) in [6.07, 6.45) is 0.600. The molecule has 5 nitrogen and oxygen atoms in total. The minimum atomic E-state index is -0.538. The van der Waals surface area contributed by atoms with Crippen LogP contribution in [0.5, 0.6) is 0 Å². The summed E-state index contributed by atoms with van der Waals surface area (Å²) in [7, 11) is 1.90. The molecule has 0 atom stereocenters. The van der Waals surface area contributed by atoms with Gasteiger partial charge in [-0.2, -0.15) is 9.37 Å². The third-order valence-electron chi connectivity index (χ3n) is 4.39. The average Bonchev–Trinajstić information content (AvgIpc) is 3.00. The van der Waals surface area contributed by atoms with Gasteiger partial charge in [0.25, 0.3) is 0 Å². The van der Waals surface area contributed by atoms with Gasteiger partial charge in [-0.3, -0.25) is 4.79 Å². The molecule has 0 unspecified atom stereocenters. The van der Waals surface area contributed by atoms with Crippen LogP contribution in [0.1, 0.15) is 18.1 Å². The molecule has 0 aliphatic carbocycles. The smallest absolute Gasteiger partial charge is 0.219 e. The number of aliphatic imine (C=N–C) groups is 1. The highest BCUT2D eigenvalue weighted by Crippen LogP contribution is 2.25. The Balaban J connectivity index is 1.63. The van der Waals surface area contributed by atoms with Crippen molar-refractivity contribution in [3.8, 4) is 0 Å². The lowest BCUT2D eigenvalue weighted by atomic mass is 10.2. The lowest BCUT2D eigenvalue weighted by Gasteiger charge is -2.26. The lowest BCUT2D eigenvalue weighted by molar-refractivity contribution is -0.129. The molecule has 0 spiro atoms. The number of amides is 1.